The SMILES string of the molecule is COCCN1CCCC2(CN(Cc3ccc(F)c(C#N)c3)CC(F)(F)C2)C1=O. The van der Waals surface area contributed by atoms with Crippen LogP contribution in [-0.2, 0) is 16.1 Å². The first kappa shape index (κ1) is 20.6. The molecule has 28 heavy (non-hydrogen) atoms. The number of hydrogen-bond donors (Lipinski definition) is 0. The number of likely N-dealkylation sites (tertiary alicyclic amines) is 2. The third kappa shape index (κ3) is 4.31. The van der Waals surface area contributed by atoms with Gasteiger partial charge in [-0.15, -0.1) is 0 Å². The Morgan fingerprint density at radius 3 is 2.82 bits per heavy atom. The first-order chi connectivity index (χ1) is 13.3. The number of amides is 1. The molecule has 0 aromatic heterocycles. The Balaban J connectivity index is 1.81. The molecule has 1 amide bonds. The van der Waals surface area contributed by atoms with Crippen LogP contribution in [0, 0.1) is 22.6 Å². The summed E-state index contributed by atoms with van der Waals surface area (Å²) in [7, 11) is 1.54. The number of nitriles is 1. The van der Waals surface area contributed by atoms with Crippen molar-refractivity contribution in [2.24, 2.45) is 5.41 Å². The van der Waals surface area contributed by atoms with Crippen molar-refractivity contribution < 1.29 is 22.7 Å². The highest BCUT2D eigenvalue weighted by Crippen LogP contribution is 2.45. The number of carbonyl (C=O) groups excluding carboxylic acids is 1. The molecule has 0 aliphatic carbocycles. The van der Waals surface area contributed by atoms with Crippen molar-refractivity contribution in [1.29, 1.82) is 5.26 Å². The highest BCUT2D eigenvalue weighted by Gasteiger charge is 2.54. The molecule has 1 atom stereocenters. The van der Waals surface area contributed by atoms with Gasteiger partial charge in [-0.05, 0) is 30.5 Å². The van der Waals surface area contributed by atoms with E-state index in [1.165, 1.54) is 18.2 Å². The van der Waals surface area contributed by atoms with Crippen molar-refractivity contribution in [2.75, 3.05) is 39.9 Å². The van der Waals surface area contributed by atoms with Crippen LogP contribution in [0.2, 0.25) is 0 Å². The Bertz CT molecular complexity index is 780. The van der Waals surface area contributed by atoms with Gasteiger partial charge in [0.2, 0.25) is 5.91 Å². The summed E-state index contributed by atoms with van der Waals surface area (Å²) in [4.78, 5) is 16.2. The van der Waals surface area contributed by atoms with Crippen molar-refractivity contribution in [1.82, 2.24) is 9.80 Å². The molecule has 1 aromatic rings. The molecule has 1 unspecified atom stereocenters. The van der Waals surface area contributed by atoms with E-state index >= 15 is 0 Å². The van der Waals surface area contributed by atoms with Gasteiger partial charge in [0.15, 0.2) is 0 Å². The molecule has 5 nitrogen and oxygen atoms in total. The van der Waals surface area contributed by atoms with Crippen LogP contribution in [0.5, 0.6) is 0 Å². The monoisotopic (exact) mass is 395 g/mol. The van der Waals surface area contributed by atoms with E-state index in [2.05, 4.69) is 0 Å². The molecule has 0 bridgehead atoms. The van der Waals surface area contributed by atoms with E-state index in [0.717, 1.165) is 0 Å². The van der Waals surface area contributed by atoms with Crippen LogP contribution < -0.4 is 0 Å². The normalized spacial score (nSPS) is 25.1. The molecule has 1 aromatic carbocycles. The van der Waals surface area contributed by atoms with Crippen LogP contribution in [0.15, 0.2) is 18.2 Å². The summed E-state index contributed by atoms with van der Waals surface area (Å²) in [5, 5.41) is 8.98. The number of benzene rings is 1. The van der Waals surface area contributed by atoms with Crippen LogP contribution in [0.1, 0.15) is 30.4 Å². The maximum Gasteiger partial charge on any atom is 0.261 e. The average Bonchev–Trinajstić information content (AvgIpc) is 2.63. The molecule has 8 heteroatoms. The molecule has 2 fully saturated rings. The molecule has 2 heterocycles. The van der Waals surface area contributed by atoms with Crippen molar-refractivity contribution in [3.8, 4) is 6.07 Å². The first-order valence-corrected chi connectivity index (χ1v) is 9.36. The van der Waals surface area contributed by atoms with Gasteiger partial charge in [0, 0.05) is 39.7 Å². The standard InChI is InChI=1S/C20H24F3N3O2/c1-28-8-7-26-6-2-5-19(18(26)27)12-20(22,23)14-25(13-19)11-15-3-4-17(21)16(9-15)10-24/h3-4,9H,2,5-8,11-14H2,1H3. The van der Waals surface area contributed by atoms with Gasteiger partial charge in [-0.3, -0.25) is 9.69 Å². The molecular formula is C20H24F3N3O2. The minimum atomic E-state index is -2.99. The number of methoxy groups -OCH3 is 1. The van der Waals surface area contributed by atoms with E-state index in [9.17, 15) is 18.0 Å². The molecule has 3 rings (SSSR count). The largest absolute Gasteiger partial charge is 0.383 e. The first-order valence-electron chi connectivity index (χ1n) is 9.36. The maximum atomic E-state index is 14.6. The third-order valence-electron chi connectivity index (χ3n) is 5.53. The second-order valence-corrected chi connectivity index (χ2v) is 7.77. The number of hydrogen-bond acceptors (Lipinski definition) is 4. The molecule has 0 radical (unpaired) electrons. The number of carbonyl (C=O) groups is 1. The van der Waals surface area contributed by atoms with E-state index in [1.807, 2.05) is 0 Å². The Kier molecular flexibility index (Phi) is 5.96. The predicted octanol–water partition coefficient (Wildman–Crippen LogP) is 2.79. The summed E-state index contributed by atoms with van der Waals surface area (Å²) >= 11 is 0. The van der Waals surface area contributed by atoms with Crippen LogP contribution in [0.25, 0.3) is 0 Å². The minimum Gasteiger partial charge on any atom is -0.383 e. The fraction of sp³-hybridized carbons (Fsp3) is 0.600. The van der Waals surface area contributed by atoms with Crippen LogP contribution in [0.4, 0.5) is 13.2 Å². The van der Waals surface area contributed by atoms with Gasteiger partial charge in [-0.2, -0.15) is 5.26 Å². The van der Waals surface area contributed by atoms with Crippen molar-refractivity contribution in [3.63, 3.8) is 0 Å². The number of ether oxygens (including phenoxy) is 1. The fourth-order valence-electron chi connectivity index (χ4n) is 4.42. The van der Waals surface area contributed by atoms with Gasteiger partial charge in [0.25, 0.3) is 5.92 Å². The molecule has 2 aliphatic heterocycles. The molecule has 0 saturated carbocycles. The summed E-state index contributed by atoms with van der Waals surface area (Å²) in [6.07, 6.45) is 0.647. The second-order valence-electron chi connectivity index (χ2n) is 7.77. The number of alkyl halides is 2. The lowest BCUT2D eigenvalue weighted by molar-refractivity contribution is -0.170. The number of piperidine rings is 2. The van der Waals surface area contributed by atoms with Gasteiger partial charge in [-0.1, -0.05) is 6.07 Å². The van der Waals surface area contributed by atoms with Gasteiger partial charge in [0.05, 0.1) is 24.1 Å². The zero-order valence-corrected chi connectivity index (χ0v) is 15.9. The van der Waals surface area contributed by atoms with Crippen LogP contribution >= 0.6 is 0 Å². The maximum absolute atomic E-state index is 14.6. The molecule has 0 N–H and O–H groups in total. The third-order valence-corrected chi connectivity index (χ3v) is 5.53. The van der Waals surface area contributed by atoms with E-state index < -0.39 is 30.1 Å². The highest BCUT2D eigenvalue weighted by atomic mass is 19.3. The Hall–Kier alpha value is -2.11. The minimum absolute atomic E-state index is 0.115. The zero-order valence-electron chi connectivity index (χ0n) is 15.9. The average molecular weight is 395 g/mol. The summed E-state index contributed by atoms with van der Waals surface area (Å²) in [5.74, 6) is -3.86. The van der Waals surface area contributed by atoms with Crippen LogP contribution in [0.3, 0.4) is 0 Å². The molecular weight excluding hydrogens is 371 g/mol. The molecule has 1 spiro atoms. The van der Waals surface area contributed by atoms with Crippen molar-refractivity contribution >= 4 is 5.91 Å². The van der Waals surface area contributed by atoms with E-state index in [4.69, 9.17) is 10.00 Å². The van der Waals surface area contributed by atoms with E-state index in [0.29, 0.717) is 38.1 Å². The smallest absolute Gasteiger partial charge is 0.261 e. The van der Waals surface area contributed by atoms with Crippen molar-refractivity contribution in [2.45, 2.75) is 31.7 Å². The fourth-order valence-corrected chi connectivity index (χ4v) is 4.42. The number of rotatable bonds is 5. The Morgan fingerprint density at radius 1 is 1.32 bits per heavy atom. The second kappa shape index (κ2) is 8.10. The number of halogens is 3. The number of nitrogens with zero attached hydrogens (tertiary/aromatic N) is 3. The topological polar surface area (TPSA) is 56.6 Å². The summed E-state index contributed by atoms with van der Waals surface area (Å²) in [5.41, 5.74) is -0.660. The summed E-state index contributed by atoms with van der Waals surface area (Å²) in [6, 6.07) is 5.80. The van der Waals surface area contributed by atoms with Gasteiger partial charge in [-0.25, -0.2) is 13.2 Å². The van der Waals surface area contributed by atoms with Crippen molar-refractivity contribution in [3.05, 3.63) is 35.1 Å². The predicted molar refractivity (Wildman–Crippen MR) is 96.1 cm³/mol. The lowest BCUT2D eigenvalue weighted by atomic mass is 9.71. The van der Waals surface area contributed by atoms with Gasteiger partial charge >= 0.3 is 0 Å². The zero-order chi connectivity index (χ0) is 20.4. The lowest BCUT2D eigenvalue weighted by Gasteiger charge is -2.49. The highest BCUT2D eigenvalue weighted by molar-refractivity contribution is 5.84. The van der Waals surface area contributed by atoms with Gasteiger partial charge in [0.1, 0.15) is 11.9 Å². The quantitative estimate of drug-likeness (QED) is 0.769. The molecule has 2 aliphatic rings. The summed E-state index contributed by atoms with van der Waals surface area (Å²) in [6.45, 7) is 1.22. The molecule has 152 valence electrons. The Labute approximate surface area is 162 Å². The molecule has 2 saturated heterocycles. The Morgan fingerprint density at radius 2 is 2.11 bits per heavy atom. The van der Waals surface area contributed by atoms with Crippen LogP contribution in [-0.4, -0.2) is 61.5 Å². The van der Waals surface area contributed by atoms with E-state index in [1.54, 1.807) is 23.0 Å². The summed E-state index contributed by atoms with van der Waals surface area (Å²) < 4.78 is 47.8. The van der Waals surface area contributed by atoms with E-state index in [-0.39, 0.29) is 24.6 Å². The lowest BCUT2D eigenvalue weighted by Crippen LogP contribution is -2.61. The van der Waals surface area contributed by atoms with Gasteiger partial charge < -0.3 is 9.64 Å².